The fourth-order valence-corrected chi connectivity index (χ4v) is 7.62. The van der Waals surface area contributed by atoms with Gasteiger partial charge in [-0.3, -0.25) is 0 Å². The minimum Gasteiger partial charge on any atom is -0.397 e. The highest BCUT2D eigenvalue weighted by Crippen LogP contribution is 2.54. The van der Waals surface area contributed by atoms with Crippen LogP contribution in [0.15, 0.2) is 24.3 Å². The van der Waals surface area contributed by atoms with Crippen LogP contribution in [0, 0.1) is 35.5 Å². The molecule has 26 heavy (non-hydrogen) atoms. The molecule has 0 heterocycles. The van der Waals surface area contributed by atoms with Crippen LogP contribution in [-0.4, -0.2) is 6.04 Å². The van der Waals surface area contributed by atoms with Gasteiger partial charge in [0.2, 0.25) is 0 Å². The first-order valence-corrected chi connectivity index (χ1v) is 11.4. The van der Waals surface area contributed by atoms with E-state index in [0.717, 1.165) is 46.9 Å². The molecule has 0 radical (unpaired) electrons. The molecule has 4 fully saturated rings. The predicted molar refractivity (Wildman–Crippen MR) is 110 cm³/mol. The summed E-state index contributed by atoms with van der Waals surface area (Å²) < 4.78 is 0. The highest BCUT2D eigenvalue weighted by Gasteiger charge is 2.46. The van der Waals surface area contributed by atoms with E-state index in [4.69, 9.17) is 5.73 Å². The lowest BCUT2D eigenvalue weighted by Crippen LogP contribution is -2.46. The van der Waals surface area contributed by atoms with Crippen molar-refractivity contribution in [1.82, 2.24) is 0 Å². The lowest BCUT2D eigenvalue weighted by atomic mass is 9.54. The van der Waals surface area contributed by atoms with Crippen molar-refractivity contribution in [2.45, 2.75) is 76.7 Å². The van der Waals surface area contributed by atoms with Crippen LogP contribution in [0.3, 0.4) is 0 Å². The first-order valence-electron chi connectivity index (χ1n) is 11.4. The van der Waals surface area contributed by atoms with Gasteiger partial charge >= 0.3 is 0 Å². The number of nitrogens with two attached hydrogens (primary N) is 1. The maximum absolute atomic E-state index is 6.19. The van der Waals surface area contributed by atoms with Crippen molar-refractivity contribution in [3.8, 4) is 0 Å². The van der Waals surface area contributed by atoms with E-state index in [0.29, 0.717) is 6.04 Å². The molecule has 0 saturated heterocycles. The van der Waals surface area contributed by atoms with Crippen molar-refractivity contribution in [2.75, 3.05) is 11.1 Å². The average molecular weight is 353 g/mol. The summed E-state index contributed by atoms with van der Waals surface area (Å²) in [6.07, 6.45) is 16.5. The lowest BCUT2D eigenvalue weighted by Gasteiger charge is -2.52. The zero-order chi connectivity index (χ0) is 17.5. The average Bonchev–Trinajstić information content (AvgIpc) is 2.62. The number of benzene rings is 1. The molecule has 0 aliphatic heterocycles. The van der Waals surface area contributed by atoms with Crippen LogP contribution in [0.2, 0.25) is 0 Å². The highest BCUT2D eigenvalue weighted by molar-refractivity contribution is 5.66. The van der Waals surface area contributed by atoms with Crippen LogP contribution in [0.1, 0.15) is 70.6 Å². The van der Waals surface area contributed by atoms with Gasteiger partial charge in [0.25, 0.3) is 0 Å². The van der Waals surface area contributed by atoms with Crippen LogP contribution in [0.4, 0.5) is 11.4 Å². The van der Waals surface area contributed by atoms with Gasteiger partial charge in [0.05, 0.1) is 11.4 Å². The molecular weight excluding hydrogens is 316 g/mol. The first-order chi connectivity index (χ1) is 12.8. The number of hydrogen-bond donors (Lipinski definition) is 2. The standard InChI is InChI=1S/C24H36N2/c25-22-9-1-2-10-23(22)26-21-14-18-7-4-8-19(15-21)24(18)20-12-16-5-3-6-17(11-16)13-20/h1-2,9-10,16-21,24,26H,3-8,11-15,25H2/t16-,17?,18-,19+,20?,21?,24?/m0/s1. The number of fused-ring (bicyclic) bond motifs is 4. The summed E-state index contributed by atoms with van der Waals surface area (Å²) in [5.74, 6) is 6.18. The Morgan fingerprint density at radius 1 is 0.731 bits per heavy atom. The molecule has 3 N–H and O–H groups in total. The molecule has 5 rings (SSSR count). The number of nitrogen functional groups attached to an aromatic ring is 1. The number of nitrogens with one attached hydrogen (secondary N) is 1. The van der Waals surface area contributed by atoms with E-state index in [1.54, 1.807) is 19.3 Å². The van der Waals surface area contributed by atoms with Crippen LogP contribution in [-0.2, 0) is 0 Å². The molecule has 0 aromatic heterocycles. The topological polar surface area (TPSA) is 38.0 Å². The second kappa shape index (κ2) is 7.09. The fourth-order valence-electron chi connectivity index (χ4n) is 7.62. The van der Waals surface area contributed by atoms with Gasteiger partial charge in [-0.25, -0.2) is 0 Å². The summed E-state index contributed by atoms with van der Waals surface area (Å²) in [5, 5.41) is 3.82. The first kappa shape index (κ1) is 17.0. The summed E-state index contributed by atoms with van der Waals surface area (Å²) in [7, 11) is 0. The maximum atomic E-state index is 6.19. The summed E-state index contributed by atoms with van der Waals surface area (Å²) in [6, 6.07) is 8.95. The third kappa shape index (κ3) is 3.25. The molecule has 2 nitrogen and oxygen atoms in total. The Kier molecular flexibility index (Phi) is 4.63. The molecule has 0 spiro atoms. The zero-order valence-corrected chi connectivity index (χ0v) is 16.2. The second-order valence-corrected chi connectivity index (χ2v) is 10.1. The van der Waals surface area contributed by atoms with Crippen molar-refractivity contribution < 1.29 is 0 Å². The van der Waals surface area contributed by atoms with E-state index in [1.165, 1.54) is 51.4 Å². The zero-order valence-electron chi connectivity index (χ0n) is 16.2. The third-order valence-corrected chi connectivity index (χ3v) is 8.44. The van der Waals surface area contributed by atoms with Crippen molar-refractivity contribution in [3.05, 3.63) is 24.3 Å². The van der Waals surface area contributed by atoms with Crippen molar-refractivity contribution >= 4 is 11.4 Å². The quantitative estimate of drug-likeness (QED) is 0.646. The van der Waals surface area contributed by atoms with E-state index in [9.17, 15) is 0 Å². The van der Waals surface area contributed by atoms with Crippen LogP contribution >= 0.6 is 0 Å². The molecular formula is C24H36N2. The van der Waals surface area contributed by atoms with Gasteiger partial charge in [0.15, 0.2) is 0 Å². The molecule has 0 amide bonds. The normalized spacial score (nSPS) is 42.2. The van der Waals surface area contributed by atoms with E-state index < -0.39 is 0 Å². The maximum Gasteiger partial charge on any atom is 0.0576 e. The summed E-state index contributed by atoms with van der Waals surface area (Å²) in [6.45, 7) is 0. The smallest absolute Gasteiger partial charge is 0.0576 e. The Balaban J connectivity index is 1.29. The Morgan fingerprint density at radius 3 is 2.08 bits per heavy atom. The monoisotopic (exact) mass is 352 g/mol. The van der Waals surface area contributed by atoms with Crippen molar-refractivity contribution in [2.24, 2.45) is 35.5 Å². The largest absolute Gasteiger partial charge is 0.397 e. The third-order valence-electron chi connectivity index (χ3n) is 8.44. The van der Waals surface area contributed by atoms with Gasteiger partial charge in [-0.05, 0) is 79.7 Å². The fraction of sp³-hybridized carbons (Fsp3) is 0.750. The van der Waals surface area contributed by atoms with Gasteiger partial charge in [-0.1, -0.05) is 50.7 Å². The van der Waals surface area contributed by atoms with Crippen LogP contribution in [0.25, 0.3) is 0 Å². The van der Waals surface area contributed by atoms with Gasteiger partial charge in [-0.15, -0.1) is 0 Å². The molecule has 4 unspecified atom stereocenters. The number of hydrogen-bond acceptors (Lipinski definition) is 2. The summed E-state index contributed by atoms with van der Waals surface area (Å²) >= 11 is 0. The van der Waals surface area contributed by atoms with Crippen LogP contribution in [0.5, 0.6) is 0 Å². The van der Waals surface area contributed by atoms with Crippen molar-refractivity contribution in [3.63, 3.8) is 0 Å². The second-order valence-electron chi connectivity index (χ2n) is 10.1. The molecule has 4 aliphatic rings. The Bertz CT molecular complexity index is 600. The molecule has 4 aliphatic carbocycles. The number of para-hydroxylation sites is 2. The SMILES string of the molecule is Nc1ccccc1NC1C[C@H]2CCC[C@@H](C1)C2C1CC2CCC[C@@H](C2)C1. The van der Waals surface area contributed by atoms with Crippen molar-refractivity contribution in [1.29, 1.82) is 0 Å². The highest BCUT2D eigenvalue weighted by atomic mass is 14.9. The molecule has 7 atom stereocenters. The predicted octanol–water partition coefficient (Wildman–Crippen LogP) is 6.09. The Morgan fingerprint density at radius 2 is 1.38 bits per heavy atom. The Labute approximate surface area is 159 Å². The van der Waals surface area contributed by atoms with E-state index in [2.05, 4.69) is 17.4 Å². The molecule has 142 valence electrons. The summed E-state index contributed by atoms with van der Waals surface area (Å²) in [5.41, 5.74) is 8.24. The number of anilines is 2. The van der Waals surface area contributed by atoms with E-state index in [-0.39, 0.29) is 0 Å². The summed E-state index contributed by atoms with van der Waals surface area (Å²) in [4.78, 5) is 0. The molecule has 1 aromatic carbocycles. The van der Waals surface area contributed by atoms with Gasteiger partial charge in [0.1, 0.15) is 0 Å². The van der Waals surface area contributed by atoms with Crippen LogP contribution < -0.4 is 11.1 Å². The minimum absolute atomic E-state index is 0.634. The Hall–Kier alpha value is -1.18. The number of rotatable bonds is 3. The molecule has 4 bridgehead atoms. The van der Waals surface area contributed by atoms with Gasteiger partial charge in [-0.2, -0.15) is 0 Å². The van der Waals surface area contributed by atoms with E-state index >= 15 is 0 Å². The lowest BCUT2D eigenvalue weighted by molar-refractivity contribution is -0.00750. The van der Waals surface area contributed by atoms with E-state index in [1.807, 2.05) is 12.1 Å². The molecule has 4 saturated carbocycles. The van der Waals surface area contributed by atoms with Gasteiger partial charge in [0, 0.05) is 6.04 Å². The van der Waals surface area contributed by atoms with Gasteiger partial charge < -0.3 is 11.1 Å². The minimum atomic E-state index is 0.634. The molecule has 2 heteroatoms. The molecule has 1 aromatic rings.